The van der Waals surface area contributed by atoms with Gasteiger partial charge in [0.2, 0.25) is 0 Å². The first-order valence-corrected chi connectivity index (χ1v) is 5.51. The quantitative estimate of drug-likeness (QED) is 0.617. The van der Waals surface area contributed by atoms with Gasteiger partial charge in [0.25, 0.3) is 0 Å². The Morgan fingerprint density at radius 2 is 1.47 bits per heavy atom. The highest BCUT2D eigenvalue weighted by Crippen LogP contribution is 2.04. The van der Waals surface area contributed by atoms with Gasteiger partial charge in [-0.25, -0.2) is 0 Å². The van der Waals surface area contributed by atoms with Crippen molar-refractivity contribution >= 4 is 18.0 Å². The molecule has 2 aromatic carbocycles. The van der Waals surface area contributed by atoms with E-state index in [1.165, 1.54) is 5.56 Å². The molecule has 0 aliphatic heterocycles. The van der Waals surface area contributed by atoms with Crippen LogP contribution in [0.25, 0.3) is 6.08 Å². The Balaban J connectivity index is 1.85. The largest absolute Gasteiger partial charge is 0.279 e. The van der Waals surface area contributed by atoms with Crippen LogP contribution in [0.3, 0.4) is 0 Å². The fourth-order valence-corrected chi connectivity index (χ4v) is 1.39. The van der Waals surface area contributed by atoms with Crippen LogP contribution in [-0.2, 0) is 0 Å². The van der Waals surface area contributed by atoms with Gasteiger partial charge in [-0.3, -0.25) is 5.43 Å². The van der Waals surface area contributed by atoms with E-state index in [9.17, 15) is 0 Å². The van der Waals surface area contributed by atoms with Crippen LogP contribution >= 0.6 is 0 Å². The van der Waals surface area contributed by atoms with Crippen molar-refractivity contribution in [3.63, 3.8) is 0 Å². The van der Waals surface area contributed by atoms with Crippen LogP contribution in [-0.4, -0.2) is 6.21 Å². The standard InChI is InChI=1S/C15H14N2/c1-3-8-14(9-4-1)10-7-13-16-17-15-11-5-2-6-12-15/h1-13,17H/b10-7-,16-13-. The Morgan fingerprint density at radius 3 is 2.18 bits per heavy atom. The Morgan fingerprint density at radius 1 is 0.824 bits per heavy atom. The van der Waals surface area contributed by atoms with Crippen molar-refractivity contribution in [1.29, 1.82) is 0 Å². The Labute approximate surface area is 101 Å². The summed E-state index contributed by atoms with van der Waals surface area (Å²) in [7, 11) is 0. The van der Waals surface area contributed by atoms with Crippen molar-refractivity contribution in [2.75, 3.05) is 5.43 Å². The average Bonchev–Trinajstić information content (AvgIpc) is 2.41. The summed E-state index contributed by atoms with van der Waals surface area (Å²) < 4.78 is 0. The minimum absolute atomic E-state index is 0.983. The van der Waals surface area contributed by atoms with E-state index in [0.29, 0.717) is 0 Å². The lowest BCUT2D eigenvalue weighted by Gasteiger charge is -1.96. The van der Waals surface area contributed by atoms with Crippen molar-refractivity contribution in [2.45, 2.75) is 0 Å². The lowest BCUT2D eigenvalue weighted by Crippen LogP contribution is -1.86. The highest BCUT2D eigenvalue weighted by molar-refractivity contribution is 5.78. The molecule has 2 nitrogen and oxygen atoms in total. The lowest BCUT2D eigenvalue weighted by molar-refractivity contribution is 1.36. The third-order valence-electron chi connectivity index (χ3n) is 2.22. The maximum atomic E-state index is 4.09. The molecular formula is C15H14N2. The van der Waals surface area contributed by atoms with Gasteiger partial charge in [-0.1, -0.05) is 54.6 Å². The number of hydrogen-bond acceptors (Lipinski definition) is 2. The zero-order chi connectivity index (χ0) is 11.8. The SMILES string of the molecule is C(=C/c1ccccc1)/C=N\Nc1ccccc1. The van der Waals surface area contributed by atoms with Crippen molar-refractivity contribution in [1.82, 2.24) is 0 Å². The minimum atomic E-state index is 0.983. The van der Waals surface area contributed by atoms with E-state index < -0.39 is 0 Å². The normalized spacial score (nSPS) is 11.1. The first-order valence-electron chi connectivity index (χ1n) is 5.51. The molecular weight excluding hydrogens is 208 g/mol. The van der Waals surface area contributed by atoms with Crippen LogP contribution < -0.4 is 5.43 Å². The summed E-state index contributed by atoms with van der Waals surface area (Å²) in [5.41, 5.74) is 5.10. The van der Waals surface area contributed by atoms with Crippen molar-refractivity contribution in [3.05, 3.63) is 72.3 Å². The highest BCUT2D eigenvalue weighted by atomic mass is 15.3. The third kappa shape index (κ3) is 3.95. The first-order chi connectivity index (χ1) is 8.45. The van der Waals surface area contributed by atoms with Crippen LogP contribution in [0.1, 0.15) is 5.56 Å². The molecule has 0 heterocycles. The second-order valence-corrected chi connectivity index (χ2v) is 3.53. The molecule has 0 saturated carbocycles. The number of allylic oxidation sites excluding steroid dienone is 1. The molecule has 2 heteroatoms. The molecule has 0 atom stereocenters. The summed E-state index contributed by atoms with van der Waals surface area (Å²) in [6, 6.07) is 20.0. The van der Waals surface area contributed by atoms with Crippen molar-refractivity contribution in [2.24, 2.45) is 5.10 Å². The fourth-order valence-electron chi connectivity index (χ4n) is 1.39. The molecule has 0 aliphatic carbocycles. The maximum absolute atomic E-state index is 4.09. The molecule has 17 heavy (non-hydrogen) atoms. The van der Waals surface area contributed by atoms with Crippen LogP contribution in [0, 0.1) is 0 Å². The zero-order valence-corrected chi connectivity index (χ0v) is 9.45. The van der Waals surface area contributed by atoms with Gasteiger partial charge in [0, 0.05) is 6.21 Å². The van der Waals surface area contributed by atoms with Crippen LogP contribution in [0.4, 0.5) is 5.69 Å². The van der Waals surface area contributed by atoms with Gasteiger partial charge in [-0.2, -0.15) is 5.10 Å². The number of rotatable bonds is 4. The van der Waals surface area contributed by atoms with Gasteiger partial charge in [0.15, 0.2) is 0 Å². The van der Waals surface area contributed by atoms with Gasteiger partial charge < -0.3 is 0 Å². The summed E-state index contributed by atoms with van der Waals surface area (Å²) in [4.78, 5) is 0. The molecule has 0 radical (unpaired) electrons. The molecule has 0 aliphatic rings. The van der Waals surface area contributed by atoms with Gasteiger partial charge in [0.1, 0.15) is 0 Å². The summed E-state index contributed by atoms with van der Waals surface area (Å²) in [6.07, 6.45) is 5.65. The van der Waals surface area contributed by atoms with E-state index in [1.807, 2.05) is 60.7 Å². The molecule has 2 rings (SSSR count). The van der Waals surface area contributed by atoms with Crippen molar-refractivity contribution in [3.8, 4) is 0 Å². The zero-order valence-electron chi connectivity index (χ0n) is 9.45. The molecule has 0 unspecified atom stereocenters. The Bertz CT molecular complexity index is 487. The summed E-state index contributed by atoms with van der Waals surface area (Å²) in [6.45, 7) is 0. The molecule has 0 fully saturated rings. The number of hydrogen-bond donors (Lipinski definition) is 1. The number of hydrazone groups is 1. The van der Waals surface area contributed by atoms with Gasteiger partial charge in [-0.15, -0.1) is 0 Å². The van der Waals surface area contributed by atoms with E-state index in [2.05, 4.69) is 22.7 Å². The van der Waals surface area contributed by atoms with Crippen LogP contribution in [0.15, 0.2) is 71.8 Å². The smallest absolute Gasteiger partial charge is 0.0561 e. The molecule has 2 aromatic rings. The van der Waals surface area contributed by atoms with Gasteiger partial charge >= 0.3 is 0 Å². The second kappa shape index (κ2) is 6.28. The summed E-state index contributed by atoms with van der Waals surface area (Å²) in [5, 5.41) is 4.09. The van der Waals surface area contributed by atoms with Gasteiger partial charge in [0.05, 0.1) is 5.69 Å². The molecule has 0 amide bonds. The summed E-state index contributed by atoms with van der Waals surface area (Å²) >= 11 is 0. The molecule has 0 saturated heterocycles. The van der Waals surface area contributed by atoms with E-state index in [4.69, 9.17) is 0 Å². The molecule has 0 spiro atoms. The lowest BCUT2D eigenvalue weighted by atomic mass is 10.2. The van der Waals surface area contributed by atoms with Crippen molar-refractivity contribution < 1.29 is 0 Å². The Hall–Kier alpha value is -2.35. The number of nitrogens with zero attached hydrogens (tertiary/aromatic N) is 1. The first kappa shape index (κ1) is 11.1. The van der Waals surface area contributed by atoms with E-state index in [1.54, 1.807) is 6.21 Å². The number of nitrogens with one attached hydrogen (secondary N) is 1. The number of benzene rings is 2. The minimum Gasteiger partial charge on any atom is -0.279 e. The predicted octanol–water partition coefficient (Wildman–Crippen LogP) is 3.80. The second-order valence-electron chi connectivity index (χ2n) is 3.53. The molecule has 1 N–H and O–H groups in total. The highest BCUT2D eigenvalue weighted by Gasteiger charge is 1.83. The van der Waals surface area contributed by atoms with Gasteiger partial charge in [-0.05, 0) is 23.8 Å². The number of para-hydroxylation sites is 1. The molecule has 0 bridgehead atoms. The molecule has 0 aromatic heterocycles. The van der Waals surface area contributed by atoms with E-state index >= 15 is 0 Å². The fraction of sp³-hybridized carbons (Fsp3) is 0. The average molecular weight is 222 g/mol. The third-order valence-corrected chi connectivity index (χ3v) is 2.22. The van der Waals surface area contributed by atoms with E-state index in [-0.39, 0.29) is 0 Å². The topological polar surface area (TPSA) is 24.4 Å². The van der Waals surface area contributed by atoms with Crippen LogP contribution in [0.5, 0.6) is 0 Å². The Kier molecular flexibility index (Phi) is 4.12. The summed E-state index contributed by atoms with van der Waals surface area (Å²) in [5.74, 6) is 0. The predicted molar refractivity (Wildman–Crippen MR) is 74.0 cm³/mol. The molecule has 84 valence electrons. The number of anilines is 1. The monoisotopic (exact) mass is 222 g/mol. The van der Waals surface area contributed by atoms with E-state index in [0.717, 1.165) is 5.69 Å². The van der Waals surface area contributed by atoms with Crippen LogP contribution in [0.2, 0.25) is 0 Å². The maximum Gasteiger partial charge on any atom is 0.0561 e.